The van der Waals surface area contributed by atoms with E-state index in [1.54, 1.807) is 16.5 Å². The lowest BCUT2D eigenvalue weighted by Crippen LogP contribution is -2.39. The summed E-state index contributed by atoms with van der Waals surface area (Å²) in [6.45, 7) is 3.64. The van der Waals surface area contributed by atoms with Gasteiger partial charge in [0.25, 0.3) is 10.0 Å². The predicted molar refractivity (Wildman–Crippen MR) is 175 cm³/mol. The van der Waals surface area contributed by atoms with Gasteiger partial charge >= 0.3 is 6.09 Å². The lowest BCUT2D eigenvalue weighted by molar-refractivity contribution is 0.0948. The second-order valence-corrected chi connectivity index (χ2v) is 15.2. The normalized spacial score (nSPS) is 17.9. The molecule has 1 N–H and O–H groups in total. The van der Waals surface area contributed by atoms with Crippen LogP contribution in [0.25, 0.3) is 0 Å². The number of carbonyl (C=O) groups excluding carboxylic acids is 1. The maximum Gasteiger partial charge on any atom is 0.410 e. The van der Waals surface area contributed by atoms with Crippen molar-refractivity contribution in [2.75, 3.05) is 39.0 Å². The lowest BCUT2D eigenvalue weighted by atomic mass is 10.1. The van der Waals surface area contributed by atoms with Crippen molar-refractivity contribution in [1.29, 1.82) is 0 Å². The fourth-order valence-corrected chi connectivity index (χ4v) is 8.04. The number of anilines is 1. The van der Waals surface area contributed by atoms with Crippen LogP contribution in [0.3, 0.4) is 0 Å². The Hall–Kier alpha value is -4.01. The van der Waals surface area contributed by atoms with E-state index in [4.69, 9.17) is 14.7 Å². The van der Waals surface area contributed by atoms with Crippen molar-refractivity contribution in [2.24, 2.45) is 23.0 Å². The molecule has 14 heteroatoms. The fraction of sp³-hybridized carbons (Fsp3) is 0.419. The number of rotatable bonds is 11. The Morgan fingerprint density at radius 1 is 1.20 bits per heavy atom. The van der Waals surface area contributed by atoms with Gasteiger partial charge in [-0.25, -0.2) is 22.5 Å². The average molecular weight is 651 g/mol. The largest absolute Gasteiger partial charge is 0.445 e. The second-order valence-electron chi connectivity index (χ2n) is 11.8. The molecule has 0 spiro atoms. The summed E-state index contributed by atoms with van der Waals surface area (Å²) < 4.78 is 34.8. The first-order valence-corrected chi connectivity index (χ1v) is 17.2. The van der Waals surface area contributed by atoms with Gasteiger partial charge in [-0.2, -0.15) is 5.10 Å². The molecule has 1 fully saturated rings. The molecular formula is C31H38N8O4S2. The van der Waals surface area contributed by atoms with E-state index in [-0.39, 0.29) is 23.0 Å². The summed E-state index contributed by atoms with van der Waals surface area (Å²) in [7, 11) is 1.34. The van der Waals surface area contributed by atoms with Gasteiger partial charge in [-0.05, 0) is 42.9 Å². The minimum atomic E-state index is -3.59. The van der Waals surface area contributed by atoms with Crippen molar-refractivity contribution in [2.45, 2.75) is 43.0 Å². The van der Waals surface area contributed by atoms with Gasteiger partial charge in [0.2, 0.25) is 0 Å². The summed E-state index contributed by atoms with van der Waals surface area (Å²) in [4.78, 5) is 26.9. The van der Waals surface area contributed by atoms with E-state index in [2.05, 4.69) is 15.3 Å². The van der Waals surface area contributed by atoms with Crippen molar-refractivity contribution >= 4 is 44.1 Å². The molecule has 1 amide bonds. The van der Waals surface area contributed by atoms with Crippen LogP contribution in [0.2, 0.25) is 0 Å². The first-order chi connectivity index (χ1) is 21.6. The molecule has 1 saturated carbocycles. The molecule has 0 saturated heterocycles. The molecule has 0 radical (unpaired) electrons. The molecular weight excluding hydrogens is 613 g/mol. The van der Waals surface area contributed by atoms with E-state index in [9.17, 15) is 13.2 Å². The summed E-state index contributed by atoms with van der Waals surface area (Å²) >= 11 is 1.17. The van der Waals surface area contributed by atoms with E-state index in [1.165, 1.54) is 29.7 Å². The van der Waals surface area contributed by atoms with Crippen LogP contribution >= 0.6 is 11.3 Å². The van der Waals surface area contributed by atoms with Gasteiger partial charge in [0, 0.05) is 58.6 Å². The number of benzene rings is 1. The Balaban J connectivity index is 1.23. The number of aryl methyl sites for hydroxylation is 2. The maximum atomic E-state index is 13.2. The molecule has 12 nitrogen and oxygen atoms in total. The number of aliphatic imine (C=N–C) groups is 2. The highest BCUT2D eigenvalue weighted by atomic mass is 32.2. The summed E-state index contributed by atoms with van der Waals surface area (Å²) in [6.07, 6.45) is 8.23. The van der Waals surface area contributed by atoms with E-state index < -0.39 is 10.0 Å². The number of carbonyl (C=O) groups is 1. The van der Waals surface area contributed by atoms with Gasteiger partial charge in [0.1, 0.15) is 10.8 Å². The van der Waals surface area contributed by atoms with Crippen LogP contribution in [0.1, 0.15) is 42.0 Å². The molecule has 1 aliphatic carbocycles. The van der Waals surface area contributed by atoms with Crippen molar-refractivity contribution in [3.8, 4) is 0 Å². The van der Waals surface area contributed by atoms with Gasteiger partial charge in [-0.3, -0.25) is 9.67 Å². The minimum Gasteiger partial charge on any atom is -0.445 e. The molecule has 238 valence electrons. The van der Waals surface area contributed by atoms with Gasteiger partial charge in [0.05, 0.1) is 29.5 Å². The number of hydrogen-bond acceptors (Lipinski definition) is 10. The SMILES string of the molecule is Cc1cc(NC2=NC(CCN(CC3CC3)C(=O)OCc3ccccc3)=CN3C2=NCC3c2cnn(C)c2)sc1S(=O)(=O)N(C)C. The Kier molecular flexibility index (Phi) is 8.80. The number of ether oxygens (including phenoxy) is 1. The highest BCUT2D eigenvalue weighted by Crippen LogP contribution is 2.35. The van der Waals surface area contributed by atoms with Crippen LogP contribution in [0.5, 0.6) is 0 Å². The van der Waals surface area contributed by atoms with E-state index in [0.29, 0.717) is 54.2 Å². The number of nitrogens with zero attached hydrogens (tertiary/aromatic N) is 7. The standard InChI is InChI=1S/C31H38N8O4S2/c1-21-14-27(44-30(21)45(41,42)36(2)3)35-28-29-32-16-26(24-15-33-37(4)18-24)39(29)19-25(34-28)12-13-38(17-22-10-11-22)31(40)43-20-23-8-6-5-7-9-23/h5-9,14-15,18-19,22,26H,10-13,16-17,20H2,1-4H3,(H,34,35). The van der Waals surface area contributed by atoms with Gasteiger partial charge < -0.3 is 19.9 Å². The number of nitrogens with one attached hydrogen (secondary N) is 1. The summed E-state index contributed by atoms with van der Waals surface area (Å²) in [5.41, 5.74) is 3.41. The molecule has 2 aliphatic heterocycles. The summed E-state index contributed by atoms with van der Waals surface area (Å²) in [6, 6.07) is 11.4. The van der Waals surface area contributed by atoms with Gasteiger partial charge in [-0.15, -0.1) is 11.3 Å². The number of thiophene rings is 1. The van der Waals surface area contributed by atoms with Crippen molar-refractivity contribution in [3.05, 3.63) is 77.4 Å². The Morgan fingerprint density at radius 3 is 2.67 bits per heavy atom. The molecule has 1 unspecified atom stereocenters. The predicted octanol–water partition coefficient (Wildman–Crippen LogP) is 4.60. The smallest absolute Gasteiger partial charge is 0.410 e. The Morgan fingerprint density at radius 2 is 1.98 bits per heavy atom. The van der Waals surface area contributed by atoms with Gasteiger partial charge in [-0.1, -0.05) is 30.3 Å². The van der Waals surface area contributed by atoms with Crippen LogP contribution < -0.4 is 5.32 Å². The van der Waals surface area contributed by atoms with Crippen molar-refractivity contribution in [1.82, 2.24) is 23.9 Å². The molecule has 6 rings (SSSR count). The quantitative estimate of drug-likeness (QED) is 0.322. The van der Waals surface area contributed by atoms with Crippen molar-refractivity contribution in [3.63, 3.8) is 0 Å². The fourth-order valence-electron chi connectivity index (χ4n) is 5.30. The number of fused-ring (bicyclic) bond motifs is 1. The average Bonchev–Trinajstić information content (AvgIpc) is 3.36. The first-order valence-electron chi connectivity index (χ1n) is 14.9. The third-order valence-electron chi connectivity index (χ3n) is 7.96. The first kappa shape index (κ1) is 31.0. The Labute approximate surface area is 267 Å². The number of sulfonamides is 1. The monoisotopic (exact) mass is 650 g/mol. The van der Waals surface area contributed by atoms with E-state index in [0.717, 1.165) is 29.7 Å². The zero-order chi connectivity index (χ0) is 31.7. The topological polar surface area (TPSA) is 125 Å². The zero-order valence-electron chi connectivity index (χ0n) is 25.9. The van der Waals surface area contributed by atoms with Crippen LogP contribution in [0.15, 0.2) is 74.9 Å². The third kappa shape index (κ3) is 6.97. The number of amides is 1. The van der Waals surface area contributed by atoms with Crippen LogP contribution in [-0.4, -0.2) is 83.8 Å². The zero-order valence-corrected chi connectivity index (χ0v) is 27.5. The van der Waals surface area contributed by atoms with Gasteiger partial charge in [0.15, 0.2) is 11.7 Å². The summed E-state index contributed by atoms with van der Waals surface area (Å²) in [5, 5.41) is 8.38. The molecule has 45 heavy (non-hydrogen) atoms. The number of hydrogen-bond donors (Lipinski definition) is 1. The van der Waals surface area contributed by atoms with Crippen LogP contribution in [-0.2, 0) is 28.4 Å². The highest BCUT2D eigenvalue weighted by Gasteiger charge is 2.35. The summed E-state index contributed by atoms with van der Waals surface area (Å²) in [5.74, 6) is 1.71. The van der Waals surface area contributed by atoms with Crippen LogP contribution in [0, 0.1) is 12.8 Å². The van der Waals surface area contributed by atoms with Crippen LogP contribution in [0.4, 0.5) is 9.80 Å². The number of amidine groups is 2. The maximum absolute atomic E-state index is 13.2. The molecule has 1 atom stereocenters. The minimum absolute atomic E-state index is 0.0656. The lowest BCUT2D eigenvalue weighted by Gasteiger charge is -2.29. The van der Waals surface area contributed by atoms with E-state index >= 15 is 0 Å². The van der Waals surface area contributed by atoms with E-state index in [1.807, 2.05) is 62.0 Å². The molecule has 0 bridgehead atoms. The number of aromatic nitrogens is 2. The Bertz CT molecular complexity index is 1760. The van der Waals surface area contributed by atoms with Crippen molar-refractivity contribution < 1.29 is 17.9 Å². The molecule has 3 aromatic rings. The molecule has 1 aromatic carbocycles. The second kappa shape index (κ2) is 12.8. The molecule has 3 aliphatic rings. The third-order valence-corrected chi connectivity index (χ3v) is 11.5. The molecule has 2 aromatic heterocycles. The molecule has 4 heterocycles. The highest BCUT2D eigenvalue weighted by molar-refractivity contribution is 7.91.